The van der Waals surface area contributed by atoms with E-state index in [1.54, 1.807) is 0 Å². The van der Waals surface area contributed by atoms with Crippen LogP contribution in [0.2, 0.25) is 24.2 Å². The molecule has 0 bridgehead atoms. The second-order valence-electron chi connectivity index (χ2n) is 13.9. The van der Waals surface area contributed by atoms with Crippen molar-refractivity contribution in [2.75, 3.05) is 0 Å². The van der Waals surface area contributed by atoms with Crippen LogP contribution in [0.15, 0.2) is 196 Å². The number of aryl methyl sites for hydroxylation is 4. The van der Waals surface area contributed by atoms with Crippen LogP contribution in [0.3, 0.4) is 0 Å². The third-order valence-electron chi connectivity index (χ3n) is 9.50. The Hall–Kier alpha value is -2.97. The number of fused-ring (bicyclic) bond motifs is 4. The second-order valence-corrected chi connectivity index (χ2v) is 16.5. The van der Waals surface area contributed by atoms with Crippen LogP contribution >= 0.6 is 0 Å². The van der Waals surface area contributed by atoms with Gasteiger partial charge in [-0.2, -0.15) is 24.3 Å². The summed E-state index contributed by atoms with van der Waals surface area (Å²) in [5.41, 5.74) is 5.75. The summed E-state index contributed by atoms with van der Waals surface area (Å²) >= 11 is 0. The molecule has 0 unspecified atom stereocenters. The van der Waals surface area contributed by atoms with Crippen molar-refractivity contribution >= 4 is 62.1 Å². The van der Waals surface area contributed by atoms with Gasteiger partial charge in [0.25, 0.3) is 0 Å². The van der Waals surface area contributed by atoms with Gasteiger partial charge in [-0.25, -0.2) is 0 Å². The van der Waals surface area contributed by atoms with Gasteiger partial charge in [-0.05, 0) is 49.9 Å². The van der Waals surface area contributed by atoms with Crippen LogP contribution in [0.4, 0.5) is 0 Å². The normalized spacial score (nSPS) is 9.35. The van der Waals surface area contributed by atoms with Crippen molar-refractivity contribution in [3.05, 3.63) is 218 Å². The molecule has 324 valence electrons. The summed E-state index contributed by atoms with van der Waals surface area (Å²) < 4.78 is 0. The largest absolute Gasteiger partial charge is 1.00 e. The summed E-state index contributed by atoms with van der Waals surface area (Å²) in [6.45, 7) is 23.2. The molecule has 0 saturated carbocycles. The maximum Gasteiger partial charge on any atom is 0.0462 e. The fraction of sp³-hybridized carbons (Fsp3) is 0.214. The zero-order valence-corrected chi connectivity index (χ0v) is 48.1. The Bertz CT molecular complexity index is 1890. The maximum absolute atomic E-state index is 3.61. The molecule has 0 amide bonds. The van der Waals surface area contributed by atoms with Gasteiger partial charge in [-0.1, -0.05) is 76.3 Å². The van der Waals surface area contributed by atoms with E-state index in [-0.39, 0.29) is 76.5 Å². The minimum Gasteiger partial charge on any atom is -1.00 e. The molecule has 0 atom stereocenters. The zero-order valence-electron chi connectivity index (χ0n) is 37.4. The Morgan fingerprint density at radius 1 is 0.371 bits per heavy atom. The molecule has 0 N–H and O–H groups in total. The molecule has 0 saturated heterocycles. The van der Waals surface area contributed by atoms with E-state index in [1.807, 2.05) is 24.3 Å². The topological polar surface area (TPSA) is 0 Å². The van der Waals surface area contributed by atoms with Gasteiger partial charge in [0.05, 0.1) is 0 Å². The molecule has 8 rings (SSSR count). The third-order valence-corrected chi connectivity index (χ3v) is 11.8. The second kappa shape index (κ2) is 37.4. The minimum absolute atomic E-state index is 0. The average Bonchev–Trinajstić information content (AvgIpc) is 4.09. The SMILES string of the molecule is C=CC[Si]CC=C.C=CC[Si]CC=C.CCc1cc2ccccc2[cH-]1.CCc1cc2ccccc2[cH-]1.CCc1cc2ccccc2[cH-]1.CCc1cc2ccccc2[cH-]1.[Cl-].[Cl-].[Hf].[Hf]. The van der Waals surface area contributed by atoms with Crippen molar-refractivity contribution in [2.24, 2.45) is 0 Å². The van der Waals surface area contributed by atoms with E-state index in [1.165, 1.54) is 65.3 Å². The summed E-state index contributed by atoms with van der Waals surface area (Å²) in [5.74, 6) is 0. The Kier molecular flexibility index (Phi) is 36.9. The van der Waals surface area contributed by atoms with Gasteiger partial charge in [0.15, 0.2) is 0 Å². The Morgan fingerprint density at radius 3 is 0.726 bits per heavy atom. The fourth-order valence-electron chi connectivity index (χ4n) is 6.25. The Balaban J connectivity index is 0. The van der Waals surface area contributed by atoms with Gasteiger partial charge in [-0.15, -0.1) is 189 Å². The molecule has 6 heteroatoms. The van der Waals surface area contributed by atoms with Crippen molar-refractivity contribution in [3.63, 3.8) is 0 Å². The minimum atomic E-state index is 0. The van der Waals surface area contributed by atoms with E-state index >= 15 is 0 Å². The Labute approximate surface area is 430 Å². The molecule has 0 aromatic heterocycles. The van der Waals surface area contributed by atoms with Gasteiger partial charge < -0.3 is 24.8 Å². The molecule has 0 nitrogen and oxygen atoms in total. The molecule has 8 aromatic rings. The first-order valence-corrected chi connectivity index (χ1v) is 23.7. The fourth-order valence-corrected chi connectivity index (χ4v) is 7.40. The molecular weight excluding hydrogens is 1160 g/mol. The van der Waals surface area contributed by atoms with Crippen molar-refractivity contribution < 1.29 is 76.5 Å². The van der Waals surface area contributed by atoms with Gasteiger partial charge in [0.2, 0.25) is 0 Å². The summed E-state index contributed by atoms with van der Waals surface area (Å²) in [5, 5.41) is 10.9. The number of benzene rings is 4. The van der Waals surface area contributed by atoms with Crippen molar-refractivity contribution in [1.29, 1.82) is 0 Å². The van der Waals surface area contributed by atoms with Crippen molar-refractivity contribution in [3.8, 4) is 0 Å². The molecule has 0 spiro atoms. The van der Waals surface area contributed by atoms with Crippen LogP contribution in [-0.4, -0.2) is 19.0 Å². The first kappa shape index (κ1) is 61.1. The predicted octanol–water partition coefficient (Wildman–Crippen LogP) is 10.3. The molecule has 0 aliphatic carbocycles. The van der Waals surface area contributed by atoms with Crippen LogP contribution in [0.5, 0.6) is 0 Å². The van der Waals surface area contributed by atoms with Crippen LogP contribution in [-0.2, 0) is 77.4 Å². The molecule has 0 aliphatic rings. The Morgan fingerprint density at radius 2 is 0.565 bits per heavy atom. The quantitative estimate of drug-likeness (QED) is 0.0495. The van der Waals surface area contributed by atoms with Crippen molar-refractivity contribution in [1.82, 2.24) is 0 Å². The molecular formula is C56H64Cl2Hf2Si2-6. The first-order chi connectivity index (χ1) is 28.4. The average molecular weight is 1220 g/mol. The number of rotatable bonds is 12. The first-order valence-electron chi connectivity index (χ1n) is 20.9. The van der Waals surface area contributed by atoms with Gasteiger partial charge >= 0.3 is 0 Å². The molecule has 4 radical (unpaired) electrons. The number of allylic oxidation sites excluding steroid dienone is 4. The van der Waals surface area contributed by atoms with Gasteiger partial charge in [-0.3, -0.25) is 0 Å². The molecule has 0 heterocycles. The molecule has 0 aliphatic heterocycles. The van der Waals surface area contributed by atoms with E-state index in [2.05, 4.69) is 200 Å². The standard InChI is InChI=1S/4C11H11.2C6H10Si.2ClH.2Hf/c4*1-2-9-7-10-5-3-4-6-11(10)8-9;2*1-3-5-7-6-4-2;;;;/h4*3-8H,2H2,1H3;2*3-4H,1-2,5-6H2;2*1H;;/q4*-1;;;;;;/p-2. The predicted molar refractivity (Wildman–Crippen MR) is 267 cm³/mol. The molecule has 8 aromatic carbocycles. The van der Waals surface area contributed by atoms with Crippen LogP contribution in [0, 0.1) is 0 Å². The van der Waals surface area contributed by atoms with E-state index < -0.39 is 0 Å². The van der Waals surface area contributed by atoms with Crippen LogP contribution < -0.4 is 24.8 Å². The molecule has 0 fully saturated rings. The number of halogens is 2. The van der Waals surface area contributed by atoms with E-state index in [9.17, 15) is 0 Å². The summed E-state index contributed by atoms with van der Waals surface area (Å²) in [6.07, 6.45) is 12.3. The van der Waals surface area contributed by atoms with Crippen LogP contribution in [0.1, 0.15) is 49.9 Å². The van der Waals surface area contributed by atoms with Gasteiger partial charge in [0, 0.05) is 70.7 Å². The summed E-state index contributed by atoms with van der Waals surface area (Å²) in [6, 6.07) is 56.6. The van der Waals surface area contributed by atoms with Gasteiger partial charge in [0.1, 0.15) is 0 Å². The number of hydrogen-bond acceptors (Lipinski definition) is 0. The van der Waals surface area contributed by atoms with Crippen LogP contribution in [0.25, 0.3) is 43.1 Å². The zero-order chi connectivity index (χ0) is 41.8. The smallest absolute Gasteiger partial charge is 0.0462 e. The van der Waals surface area contributed by atoms with E-state index in [4.69, 9.17) is 0 Å². The summed E-state index contributed by atoms with van der Waals surface area (Å²) in [7, 11) is 1.99. The molecule has 62 heavy (non-hydrogen) atoms. The van der Waals surface area contributed by atoms with Crippen molar-refractivity contribution in [2.45, 2.75) is 77.6 Å². The monoisotopic (exact) mass is 1220 g/mol. The third kappa shape index (κ3) is 22.6. The number of hydrogen-bond donors (Lipinski definition) is 0. The summed E-state index contributed by atoms with van der Waals surface area (Å²) in [4.78, 5) is 0. The van der Waals surface area contributed by atoms with E-state index in [0.717, 1.165) is 68.9 Å². The maximum atomic E-state index is 3.61. The van der Waals surface area contributed by atoms with E-state index in [0.29, 0.717) is 0 Å².